The van der Waals surface area contributed by atoms with Crippen LogP contribution in [-0.4, -0.2) is 42.1 Å². The molecular weight excluding hydrogens is 691 g/mol. The smallest absolute Gasteiger partial charge is 0.209 e. The van der Waals surface area contributed by atoms with Gasteiger partial charge in [0.2, 0.25) is 5.69 Å². The zero-order chi connectivity index (χ0) is 38.5. The van der Waals surface area contributed by atoms with E-state index >= 15 is 0 Å². The summed E-state index contributed by atoms with van der Waals surface area (Å²) in [5.41, 5.74) is 17.5. The molecule has 0 amide bonds. The monoisotopic (exact) mass is 747 g/mol. The van der Waals surface area contributed by atoms with Crippen LogP contribution in [0.25, 0.3) is 0 Å². The van der Waals surface area contributed by atoms with Crippen molar-refractivity contribution in [3.8, 4) is 0 Å². The second-order valence-corrected chi connectivity index (χ2v) is 17.4. The molecule has 0 radical (unpaired) electrons. The number of nitrogens with two attached hydrogens (primary N) is 1. The third kappa shape index (κ3) is 8.51. The molecule has 2 heterocycles. The third-order valence-corrected chi connectivity index (χ3v) is 12.2. The highest BCUT2D eigenvalue weighted by atomic mass is 32.2. The number of para-hydroxylation sites is 2. The average Bonchev–Trinajstić information content (AvgIpc) is 3.51. The number of nitrogens with zero attached hydrogens (tertiary/aromatic N) is 2. The highest BCUT2D eigenvalue weighted by Crippen LogP contribution is 2.48. The summed E-state index contributed by atoms with van der Waals surface area (Å²) in [4.78, 5) is 2.51. The van der Waals surface area contributed by atoms with Gasteiger partial charge in [0.25, 0.3) is 0 Å². The van der Waals surface area contributed by atoms with Crippen molar-refractivity contribution in [1.29, 1.82) is 0 Å². The summed E-state index contributed by atoms with van der Waals surface area (Å²) >= 11 is 0. The van der Waals surface area contributed by atoms with E-state index < -0.39 is 10.1 Å². The molecule has 0 saturated heterocycles. The Bertz CT molecular complexity index is 2100. The lowest BCUT2D eigenvalue weighted by atomic mass is 9.81. The Hall–Kier alpha value is -4.24. The number of hydrogen-bond acceptors (Lipinski definition) is 6. The van der Waals surface area contributed by atoms with E-state index in [0.29, 0.717) is 32.5 Å². The Morgan fingerprint density at radius 3 is 2.28 bits per heavy atom. The molecule has 2 N–H and O–H groups in total. The molecule has 0 bridgehead atoms. The van der Waals surface area contributed by atoms with Crippen molar-refractivity contribution in [1.82, 2.24) is 0 Å². The molecule has 3 aromatic carbocycles. The summed E-state index contributed by atoms with van der Waals surface area (Å²) in [5, 5.41) is 0. The minimum atomic E-state index is -4.25. The summed E-state index contributed by atoms with van der Waals surface area (Å²) in [6, 6.07) is 25.6. The van der Waals surface area contributed by atoms with Gasteiger partial charge >= 0.3 is 0 Å². The van der Waals surface area contributed by atoms with E-state index in [-0.39, 0.29) is 16.6 Å². The van der Waals surface area contributed by atoms with Crippen LogP contribution < -0.4 is 10.6 Å². The zero-order valence-corrected chi connectivity index (χ0v) is 33.6. The molecule has 6 rings (SSSR count). The van der Waals surface area contributed by atoms with E-state index in [1.54, 1.807) is 0 Å². The Morgan fingerprint density at radius 2 is 1.56 bits per heavy atom. The second-order valence-electron chi connectivity index (χ2n) is 15.9. The van der Waals surface area contributed by atoms with Crippen molar-refractivity contribution >= 4 is 27.2 Å². The average molecular weight is 748 g/mol. The molecular formula is C46H57N3O4S. The van der Waals surface area contributed by atoms with Crippen molar-refractivity contribution in [3.63, 3.8) is 0 Å². The molecule has 3 aliphatic rings. The van der Waals surface area contributed by atoms with Gasteiger partial charge in [-0.25, -0.2) is 8.42 Å². The molecule has 0 atom stereocenters. The Kier molecular flexibility index (Phi) is 12.2. The number of fused-ring (bicyclic) bond motifs is 2. The first kappa shape index (κ1) is 39.5. The summed E-state index contributed by atoms with van der Waals surface area (Å²) in [7, 11) is -4.25. The maximum Gasteiger partial charge on any atom is 0.209 e. The zero-order valence-electron chi connectivity index (χ0n) is 32.7. The number of anilines is 1. The quantitative estimate of drug-likeness (QED) is 0.0945. The van der Waals surface area contributed by atoms with Crippen LogP contribution in [-0.2, 0) is 38.8 Å². The number of benzene rings is 3. The first-order chi connectivity index (χ1) is 25.8. The van der Waals surface area contributed by atoms with Gasteiger partial charge in [0.05, 0.1) is 15.5 Å². The highest BCUT2D eigenvalue weighted by molar-refractivity contribution is 7.85. The fraction of sp³-hybridized carbons (Fsp3) is 0.413. The molecule has 0 unspecified atom stereocenters. The van der Waals surface area contributed by atoms with Gasteiger partial charge in [-0.15, -0.1) is 0 Å². The van der Waals surface area contributed by atoms with E-state index in [0.717, 1.165) is 72.5 Å². The van der Waals surface area contributed by atoms with Crippen molar-refractivity contribution < 1.29 is 22.3 Å². The predicted octanol–water partition coefficient (Wildman–Crippen LogP) is 9.47. The minimum Gasteiger partial charge on any atom is -0.748 e. The van der Waals surface area contributed by atoms with Crippen molar-refractivity contribution in [2.45, 2.75) is 104 Å². The molecule has 0 saturated carbocycles. The Balaban J connectivity index is 1.40. The molecule has 0 fully saturated rings. The summed E-state index contributed by atoms with van der Waals surface area (Å²) < 4.78 is 43.2. The first-order valence-electron chi connectivity index (χ1n) is 19.6. The molecule has 1 aliphatic carbocycles. The molecule has 54 heavy (non-hydrogen) atoms. The minimum absolute atomic E-state index is 0.130. The number of hydrogen-bond donors (Lipinski definition) is 1. The highest BCUT2D eigenvalue weighted by Gasteiger charge is 2.44. The van der Waals surface area contributed by atoms with Crippen LogP contribution in [0.2, 0.25) is 0 Å². The number of ether oxygens (including phenoxy) is 1. The first-order valence-corrected chi connectivity index (χ1v) is 21.2. The number of rotatable bonds is 15. The topological polar surface area (TPSA) is 98.7 Å². The van der Waals surface area contributed by atoms with Crippen molar-refractivity contribution in [3.05, 3.63) is 142 Å². The molecule has 2 aliphatic heterocycles. The molecule has 286 valence electrons. The number of unbranched alkanes of at least 4 members (excludes halogenated alkanes) is 2. The molecule has 7 nitrogen and oxygen atoms in total. The normalized spacial score (nSPS) is 19.4. The lowest BCUT2D eigenvalue weighted by Gasteiger charge is -2.27. The van der Waals surface area contributed by atoms with Gasteiger partial charge in [0, 0.05) is 59.8 Å². The van der Waals surface area contributed by atoms with Crippen LogP contribution in [0.15, 0.2) is 120 Å². The maximum atomic E-state index is 11.3. The van der Waals surface area contributed by atoms with Crippen LogP contribution in [0.5, 0.6) is 0 Å². The lowest BCUT2D eigenvalue weighted by Crippen LogP contribution is -2.28. The van der Waals surface area contributed by atoms with Crippen LogP contribution in [0.1, 0.15) is 102 Å². The van der Waals surface area contributed by atoms with Crippen LogP contribution >= 0.6 is 0 Å². The second kappa shape index (κ2) is 16.6. The molecule has 0 aromatic heterocycles. The standard InChI is InChI=1S/C46H57N3O4S/c1-6-7-29-48-40-19-10-8-17-38(40)45(2,3)42(48)27-25-36-15-14-16-37(44(36)53-33-35-23-21-34(32-47)22-24-35)26-28-43-46(4,5)39-18-9-11-20-41(39)49(43)30-12-13-31-54(50,51)52/h8-11,17-28H,6-7,12-16,29-33,47H2,1-5H3. The summed E-state index contributed by atoms with van der Waals surface area (Å²) in [5.74, 6) is 0.594. The van der Waals surface area contributed by atoms with Crippen molar-refractivity contribution in [2.24, 2.45) is 5.73 Å². The molecule has 0 spiro atoms. The largest absolute Gasteiger partial charge is 0.748 e. The molecule has 8 heteroatoms. The van der Waals surface area contributed by atoms with Gasteiger partial charge in [-0.2, -0.15) is 4.58 Å². The van der Waals surface area contributed by atoms with Crippen molar-refractivity contribution in [2.75, 3.05) is 23.7 Å². The molecule has 3 aromatic rings. The maximum absolute atomic E-state index is 11.3. The Morgan fingerprint density at radius 1 is 0.852 bits per heavy atom. The van der Waals surface area contributed by atoms with Gasteiger partial charge in [0.15, 0.2) is 5.71 Å². The van der Waals surface area contributed by atoms with E-state index in [9.17, 15) is 13.0 Å². The van der Waals surface area contributed by atoms with Gasteiger partial charge in [-0.1, -0.05) is 93.9 Å². The Labute approximate surface area is 323 Å². The van der Waals surface area contributed by atoms with E-state index in [1.165, 1.54) is 28.1 Å². The summed E-state index contributed by atoms with van der Waals surface area (Å²) in [6.07, 6.45) is 15.2. The van der Waals surface area contributed by atoms with E-state index in [1.807, 2.05) is 6.07 Å². The van der Waals surface area contributed by atoms with Gasteiger partial charge < -0.3 is 19.9 Å². The fourth-order valence-corrected chi connectivity index (χ4v) is 8.88. The summed E-state index contributed by atoms with van der Waals surface area (Å²) in [6.45, 7) is 14.0. The third-order valence-electron chi connectivity index (χ3n) is 11.4. The van der Waals surface area contributed by atoms with Crippen LogP contribution in [0, 0.1) is 0 Å². The lowest BCUT2D eigenvalue weighted by molar-refractivity contribution is -0.438. The fourth-order valence-electron chi connectivity index (χ4n) is 8.32. The SMILES string of the molecule is CCCCN1/C(=C/C=C2\CCCC(/C=C/C3=[N+](CCCCS(=O)(=O)[O-])c4ccccc4C3(C)C)=C2OCc2ccc(CN)cc2)C(C)(C)c2ccccc21. The number of allylic oxidation sites excluding steroid dienone is 7. The van der Waals surface area contributed by atoms with Crippen LogP contribution in [0.4, 0.5) is 11.4 Å². The van der Waals surface area contributed by atoms with Gasteiger partial charge in [-0.3, -0.25) is 0 Å². The van der Waals surface area contributed by atoms with E-state index in [2.05, 4.69) is 135 Å². The van der Waals surface area contributed by atoms with Crippen LogP contribution in [0.3, 0.4) is 0 Å². The van der Waals surface area contributed by atoms with Gasteiger partial charge in [0.1, 0.15) is 18.9 Å². The van der Waals surface area contributed by atoms with Gasteiger partial charge in [-0.05, 0) is 92.0 Å². The van der Waals surface area contributed by atoms with E-state index in [4.69, 9.17) is 10.5 Å². The predicted molar refractivity (Wildman–Crippen MR) is 220 cm³/mol.